The van der Waals surface area contributed by atoms with Gasteiger partial charge in [0, 0.05) is 22.6 Å². The Kier molecular flexibility index (Phi) is 6.34. The fourth-order valence-electron chi connectivity index (χ4n) is 1.85. The molecule has 0 atom stereocenters. The second kappa shape index (κ2) is 8.06. The second-order valence-corrected chi connectivity index (χ2v) is 7.79. The van der Waals surface area contributed by atoms with Crippen molar-refractivity contribution >= 4 is 43.5 Å². The predicted octanol–water partition coefficient (Wildman–Crippen LogP) is 2.95. The maximum absolute atomic E-state index is 13.2. The molecule has 0 aliphatic rings. The molecule has 9 heteroatoms. The Morgan fingerprint density at radius 3 is 2.62 bits per heavy atom. The minimum Gasteiger partial charge on any atom is -0.351 e. The molecule has 0 heterocycles. The summed E-state index contributed by atoms with van der Waals surface area (Å²) in [6.45, 7) is 0.0229. The fourth-order valence-corrected chi connectivity index (χ4v) is 3.60. The highest BCUT2D eigenvalue weighted by Gasteiger charge is 2.14. The number of amides is 1. The molecular weight excluding hydrogens is 423 g/mol. The van der Waals surface area contributed by atoms with E-state index < -0.39 is 21.7 Å². The highest BCUT2D eigenvalue weighted by molar-refractivity contribution is 9.10. The van der Waals surface area contributed by atoms with Crippen molar-refractivity contribution in [2.45, 2.75) is 4.90 Å². The van der Waals surface area contributed by atoms with Crippen LogP contribution in [0.4, 0.5) is 4.39 Å². The van der Waals surface area contributed by atoms with Crippen molar-refractivity contribution < 1.29 is 17.6 Å². The second-order valence-electron chi connectivity index (χ2n) is 4.74. The number of hydrogen-bond acceptors (Lipinski definition) is 3. The molecule has 0 unspecified atom stereocenters. The maximum atomic E-state index is 13.2. The van der Waals surface area contributed by atoms with Gasteiger partial charge in [0.2, 0.25) is 10.0 Å². The van der Waals surface area contributed by atoms with Gasteiger partial charge in [-0.2, -0.15) is 0 Å². The molecule has 1 amide bonds. The Bertz CT molecular complexity index is 862. The van der Waals surface area contributed by atoms with Gasteiger partial charge in [-0.25, -0.2) is 17.5 Å². The van der Waals surface area contributed by atoms with E-state index in [1.165, 1.54) is 30.3 Å². The van der Waals surface area contributed by atoms with Gasteiger partial charge in [-0.1, -0.05) is 17.7 Å². The predicted molar refractivity (Wildman–Crippen MR) is 93.1 cm³/mol. The van der Waals surface area contributed by atoms with Crippen LogP contribution in [-0.4, -0.2) is 27.4 Å². The van der Waals surface area contributed by atoms with Crippen molar-refractivity contribution in [1.29, 1.82) is 0 Å². The Labute approximate surface area is 152 Å². The van der Waals surface area contributed by atoms with Gasteiger partial charge in [0.05, 0.1) is 10.5 Å². The SMILES string of the molecule is O=C(NCCNS(=O)(=O)c1cccc(Cl)c1)c1cc(F)ccc1Br. The van der Waals surface area contributed by atoms with Crippen LogP contribution in [-0.2, 0) is 10.0 Å². The van der Waals surface area contributed by atoms with Crippen molar-refractivity contribution in [2.75, 3.05) is 13.1 Å². The Balaban J connectivity index is 1.90. The first-order valence-electron chi connectivity index (χ1n) is 6.78. The first-order valence-corrected chi connectivity index (χ1v) is 9.43. The number of rotatable bonds is 6. The standard InChI is InChI=1S/C15H13BrClFN2O3S/c16-14-5-4-11(18)9-13(14)15(21)19-6-7-20-24(22,23)12-3-1-2-10(17)8-12/h1-5,8-9,20H,6-7H2,(H,19,21). The third kappa shape index (κ3) is 5.01. The van der Waals surface area contributed by atoms with E-state index in [-0.39, 0.29) is 23.5 Å². The van der Waals surface area contributed by atoms with Crippen LogP contribution in [0.3, 0.4) is 0 Å². The van der Waals surface area contributed by atoms with Gasteiger partial charge >= 0.3 is 0 Å². The van der Waals surface area contributed by atoms with E-state index in [9.17, 15) is 17.6 Å². The van der Waals surface area contributed by atoms with Crippen LogP contribution in [0.25, 0.3) is 0 Å². The zero-order valence-corrected chi connectivity index (χ0v) is 15.4. The number of carbonyl (C=O) groups excluding carboxylic acids is 1. The van der Waals surface area contributed by atoms with Crippen LogP contribution in [0.2, 0.25) is 5.02 Å². The third-order valence-electron chi connectivity index (χ3n) is 2.98. The summed E-state index contributed by atoms with van der Waals surface area (Å²) in [5.74, 6) is -1.05. The van der Waals surface area contributed by atoms with Crippen LogP contribution in [0.15, 0.2) is 51.8 Å². The van der Waals surface area contributed by atoms with Crippen molar-refractivity contribution in [2.24, 2.45) is 0 Å². The summed E-state index contributed by atoms with van der Waals surface area (Å²) < 4.78 is 40.1. The van der Waals surface area contributed by atoms with Gasteiger partial charge in [0.1, 0.15) is 5.82 Å². The molecule has 0 aromatic heterocycles. The minimum atomic E-state index is -3.72. The molecule has 0 saturated heterocycles. The van der Waals surface area contributed by atoms with Crippen molar-refractivity contribution in [3.8, 4) is 0 Å². The van der Waals surface area contributed by atoms with E-state index >= 15 is 0 Å². The Morgan fingerprint density at radius 2 is 1.92 bits per heavy atom. The number of carbonyl (C=O) groups is 1. The zero-order valence-electron chi connectivity index (χ0n) is 12.2. The lowest BCUT2D eigenvalue weighted by Gasteiger charge is -2.09. The molecule has 2 N–H and O–H groups in total. The molecule has 0 aliphatic carbocycles. The molecule has 2 aromatic rings. The molecular formula is C15H13BrClFN2O3S. The molecule has 128 valence electrons. The van der Waals surface area contributed by atoms with Gasteiger partial charge < -0.3 is 5.32 Å². The number of sulfonamides is 1. The normalized spacial score (nSPS) is 11.3. The molecule has 24 heavy (non-hydrogen) atoms. The van der Waals surface area contributed by atoms with Crippen LogP contribution in [0, 0.1) is 5.82 Å². The van der Waals surface area contributed by atoms with Crippen molar-refractivity contribution in [3.05, 3.63) is 63.3 Å². The van der Waals surface area contributed by atoms with Gasteiger partial charge in [-0.05, 0) is 52.3 Å². The summed E-state index contributed by atoms with van der Waals surface area (Å²) in [7, 11) is -3.72. The lowest BCUT2D eigenvalue weighted by molar-refractivity contribution is 0.0953. The average Bonchev–Trinajstić information content (AvgIpc) is 2.53. The first kappa shape index (κ1) is 18.9. The van der Waals surface area contributed by atoms with Crippen LogP contribution >= 0.6 is 27.5 Å². The Morgan fingerprint density at radius 1 is 1.17 bits per heavy atom. The van der Waals surface area contributed by atoms with Crippen molar-refractivity contribution in [3.63, 3.8) is 0 Å². The number of hydrogen-bond donors (Lipinski definition) is 2. The van der Waals surface area contributed by atoms with Crippen LogP contribution < -0.4 is 10.0 Å². The van der Waals surface area contributed by atoms with Crippen LogP contribution in [0.5, 0.6) is 0 Å². The smallest absolute Gasteiger partial charge is 0.252 e. The largest absolute Gasteiger partial charge is 0.351 e. The van der Waals surface area contributed by atoms with E-state index in [0.717, 1.165) is 6.07 Å². The molecule has 0 aliphatic heterocycles. The van der Waals surface area contributed by atoms with Crippen LogP contribution in [0.1, 0.15) is 10.4 Å². The highest BCUT2D eigenvalue weighted by atomic mass is 79.9. The molecule has 0 fully saturated rings. The summed E-state index contributed by atoms with van der Waals surface area (Å²) in [5, 5.41) is 2.82. The molecule has 2 aromatic carbocycles. The quantitative estimate of drug-likeness (QED) is 0.685. The number of nitrogens with one attached hydrogen (secondary N) is 2. The van der Waals surface area contributed by atoms with Crippen molar-refractivity contribution in [1.82, 2.24) is 10.0 Å². The molecule has 0 bridgehead atoms. The van der Waals surface area contributed by atoms with E-state index in [0.29, 0.717) is 9.50 Å². The number of benzene rings is 2. The van der Waals surface area contributed by atoms with E-state index in [4.69, 9.17) is 11.6 Å². The van der Waals surface area contributed by atoms with Gasteiger partial charge in [-0.3, -0.25) is 4.79 Å². The zero-order chi connectivity index (χ0) is 17.7. The average molecular weight is 436 g/mol. The maximum Gasteiger partial charge on any atom is 0.252 e. The third-order valence-corrected chi connectivity index (χ3v) is 5.37. The molecule has 0 radical (unpaired) electrons. The molecule has 0 spiro atoms. The molecule has 0 saturated carbocycles. The van der Waals surface area contributed by atoms with E-state index in [1.807, 2.05) is 0 Å². The number of halogens is 3. The summed E-state index contributed by atoms with van der Waals surface area (Å²) >= 11 is 8.92. The van der Waals surface area contributed by atoms with Gasteiger partial charge in [0.25, 0.3) is 5.91 Å². The highest BCUT2D eigenvalue weighted by Crippen LogP contribution is 2.17. The molecule has 5 nitrogen and oxygen atoms in total. The summed E-state index contributed by atoms with van der Waals surface area (Å²) in [4.78, 5) is 12.0. The summed E-state index contributed by atoms with van der Waals surface area (Å²) in [5.41, 5.74) is 0.132. The lowest BCUT2D eigenvalue weighted by Crippen LogP contribution is -2.34. The minimum absolute atomic E-state index is 0.0203. The summed E-state index contributed by atoms with van der Waals surface area (Å²) in [6, 6.07) is 9.57. The first-order chi connectivity index (χ1) is 11.3. The lowest BCUT2D eigenvalue weighted by atomic mass is 10.2. The topological polar surface area (TPSA) is 75.3 Å². The molecule has 2 rings (SSSR count). The van der Waals surface area contributed by atoms with E-state index in [2.05, 4.69) is 26.0 Å². The Hall–Kier alpha value is -1.48. The fraction of sp³-hybridized carbons (Fsp3) is 0.133. The summed E-state index contributed by atoms with van der Waals surface area (Å²) in [6.07, 6.45) is 0. The van der Waals surface area contributed by atoms with E-state index in [1.54, 1.807) is 6.07 Å². The van der Waals surface area contributed by atoms with Gasteiger partial charge in [0.15, 0.2) is 0 Å². The van der Waals surface area contributed by atoms with Gasteiger partial charge in [-0.15, -0.1) is 0 Å². The monoisotopic (exact) mass is 434 g/mol.